The van der Waals surface area contributed by atoms with Gasteiger partial charge in [-0.2, -0.15) is 0 Å². The van der Waals surface area contributed by atoms with E-state index in [4.69, 9.17) is 4.74 Å². The van der Waals surface area contributed by atoms with Crippen molar-refractivity contribution >= 4 is 11.9 Å². The summed E-state index contributed by atoms with van der Waals surface area (Å²) < 4.78 is 5.51. The van der Waals surface area contributed by atoms with Gasteiger partial charge in [-0.25, -0.2) is 0 Å². The normalized spacial score (nSPS) is 12.4. The van der Waals surface area contributed by atoms with Crippen LogP contribution in [-0.4, -0.2) is 47.4 Å². The summed E-state index contributed by atoms with van der Waals surface area (Å²) in [5.74, 6) is -0.0200. The summed E-state index contributed by atoms with van der Waals surface area (Å²) in [5.41, 5.74) is 0. The van der Waals surface area contributed by atoms with E-state index >= 15 is 0 Å². The van der Waals surface area contributed by atoms with Crippen molar-refractivity contribution in [1.82, 2.24) is 5.32 Å². The summed E-state index contributed by atoms with van der Waals surface area (Å²) in [6.07, 6.45) is 77.0. The van der Waals surface area contributed by atoms with Crippen LogP contribution in [0.3, 0.4) is 0 Å². The van der Waals surface area contributed by atoms with Gasteiger partial charge in [-0.05, 0) is 25.7 Å². The maximum atomic E-state index is 12.5. The van der Waals surface area contributed by atoms with Crippen molar-refractivity contribution in [1.29, 1.82) is 0 Å². The lowest BCUT2D eigenvalue weighted by atomic mass is 10.0. The highest BCUT2D eigenvalue weighted by Crippen LogP contribution is 2.19. The largest absolute Gasteiger partial charge is 0.466 e. The zero-order valence-electron chi connectivity index (χ0n) is 50.6. The van der Waals surface area contributed by atoms with Crippen LogP contribution in [0.1, 0.15) is 399 Å². The summed E-state index contributed by atoms with van der Waals surface area (Å²) in [6.45, 7) is 5.00. The Hall–Kier alpha value is -1.14. The Morgan fingerprint density at radius 1 is 0.324 bits per heavy atom. The van der Waals surface area contributed by atoms with E-state index in [9.17, 15) is 19.8 Å². The molecule has 0 aliphatic heterocycles. The van der Waals surface area contributed by atoms with Gasteiger partial charge in [0.05, 0.1) is 25.4 Å². The first-order valence-electron chi connectivity index (χ1n) is 34.3. The summed E-state index contributed by atoms with van der Waals surface area (Å²) >= 11 is 0. The molecule has 0 aliphatic rings. The zero-order valence-corrected chi connectivity index (χ0v) is 50.6. The topological polar surface area (TPSA) is 95.9 Å². The number of amides is 1. The first kappa shape index (κ1) is 72.9. The molecule has 0 aromatic rings. The van der Waals surface area contributed by atoms with Gasteiger partial charge in [-0.15, -0.1) is 0 Å². The fourth-order valence-corrected chi connectivity index (χ4v) is 11.2. The minimum Gasteiger partial charge on any atom is -0.466 e. The van der Waals surface area contributed by atoms with E-state index in [1.165, 1.54) is 327 Å². The van der Waals surface area contributed by atoms with Gasteiger partial charge < -0.3 is 20.3 Å². The molecule has 2 atom stereocenters. The number of aliphatic hydroxyl groups excluding tert-OH is 2. The Balaban J connectivity index is 3.37. The summed E-state index contributed by atoms with van der Waals surface area (Å²) in [5, 5.41) is 23.4. The number of nitrogens with one attached hydrogen (secondary N) is 1. The smallest absolute Gasteiger partial charge is 0.305 e. The van der Waals surface area contributed by atoms with Crippen LogP contribution in [0.2, 0.25) is 0 Å². The van der Waals surface area contributed by atoms with Crippen LogP contribution in [0.15, 0.2) is 0 Å². The maximum Gasteiger partial charge on any atom is 0.305 e. The van der Waals surface area contributed by atoms with Crippen LogP contribution in [0, 0.1) is 0 Å². The minimum atomic E-state index is -0.667. The first-order chi connectivity index (χ1) is 36.5. The van der Waals surface area contributed by atoms with Crippen molar-refractivity contribution in [3.8, 4) is 0 Å². The molecule has 0 fully saturated rings. The lowest BCUT2D eigenvalue weighted by molar-refractivity contribution is -0.143. The van der Waals surface area contributed by atoms with Crippen LogP contribution in [0.4, 0.5) is 0 Å². The molecule has 1 amide bonds. The van der Waals surface area contributed by atoms with Gasteiger partial charge in [0.1, 0.15) is 0 Å². The fourth-order valence-electron chi connectivity index (χ4n) is 11.2. The third-order valence-electron chi connectivity index (χ3n) is 16.4. The second kappa shape index (κ2) is 64.4. The Bertz CT molecular complexity index is 1070. The molecule has 0 aliphatic carbocycles. The second-order valence-corrected chi connectivity index (χ2v) is 23.9. The standard InChI is InChI=1S/C68H135NO5/c1-3-5-7-9-11-13-15-17-19-21-23-25-28-32-36-40-44-48-52-56-60-66(71)65(64-70)69-67(72)61-57-53-49-45-41-37-33-29-26-27-31-35-39-43-47-51-55-59-63-74-68(73)62-58-54-50-46-42-38-34-30-24-22-20-18-16-14-12-10-8-6-4-2/h65-66,70-71H,3-64H2,1-2H3,(H,69,72). The van der Waals surface area contributed by atoms with Crippen molar-refractivity contribution in [2.45, 2.75) is 411 Å². The molecular weight excluding hydrogens is 911 g/mol. The number of ether oxygens (including phenoxy) is 1. The Morgan fingerprint density at radius 2 is 0.554 bits per heavy atom. The Kier molecular flexibility index (Phi) is 63.4. The summed E-state index contributed by atoms with van der Waals surface area (Å²) in [6, 6.07) is -0.544. The van der Waals surface area contributed by atoms with E-state index in [-0.39, 0.29) is 18.5 Å². The number of esters is 1. The van der Waals surface area contributed by atoms with Gasteiger partial charge in [0.15, 0.2) is 0 Å². The molecular formula is C68H135NO5. The molecule has 6 heteroatoms. The number of carbonyl (C=O) groups is 2. The molecule has 0 saturated heterocycles. The van der Waals surface area contributed by atoms with Crippen LogP contribution in [0.5, 0.6) is 0 Å². The summed E-state index contributed by atoms with van der Waals surface area (Å²) in [4.78, 5) is 24.7. The van der Waals surface area contributed by atoms with E-state index in [1.54, 1.807) is 0 Å². The lowest BCUT2D eigenvalue weighted by Crippen LogP contribution is -2.45. The molecule has 2 unspecified atom stereocenters. The maximum absolute atomic E-state index is 12.5. The van der Waals surface area contributed by atoms with E-state index in [0.717, 1.165) is 38.5 Å². The molecule has 0 radical (unpaired) electrons. The lowest BCUT2D eigenvalue weighted by Gasteiger charge is -2.22. The molecule has 74 heavy (non-hydrogen) atoms. The molecule has 6 nitrogen and oxygen atoms in total. The number of unbranched alkanes of at least 4 members (excludes halogenated alkanes) is 54. The third kappa shape index (κ3) is 60.1. The molecule has 0 aromatic carbocycles. The number of hydrogen-bond donors (Lipinski definition) is 3. The molecule has 0 heterocycles. The van der Waals surface area contributed by atoms with Gasteiger partial charge in [-0.1, -0.05) is 361 Å². The molecule has 3 N–H and O–H groups in total. The molecule has 0 rings (SSSR count). The van der Waals surface area contributed by atoms with Gasteiger partial charge in [0, 0.05) is 12.8 Å². The Labute approximate surface area is 464 Å². The van der Waals surface area contributed by atoms with Crippen molar-refractivity contribution in [2.75, 3.05) is 13.2 Å². The molecule has 0 bridgehead atoms. The van der Waals surface area contributed by atoms with Crippen LogP contribution >= 0.6 is 0 Å². The molecule has 0 aromatic heterocycles. The highest BCUT2D eigenvalue weighted by atomic mass is 16.5. The van der Waals surface area contributed by atoms with E-state index < -0.39 is 12.1 Å². The van der Waals surface area contributed by atoms with E-state index in [0.29, 0.717) is 25.9 Å². The third-order valence-corrected chi connectivity index (χ3v) is 16.4. The van der Waals surface area contributed by atoms with Crippen molar-refractivity contribution in [3.05, 3.63) is 0 Å². The summed E-state index contributed by atoms with van der Waals surface area (Å²) in [7, 11) is 0. The van der Waals surface area contributed by atoms with Crippen LogP contribution < -0.4 is 5.32 Å². The SMILES string of the molecule is CCCCCCCCCCCCCCCCCCCCCCC(O)C(CO)NC(=O)CCCCCCCCCCCCCCCCCCCCOC(=O)CCCCCCCCCCCCCCCCCCCCC. The average Bonchev–Trinajstić information content (AvgIpc) is 3.40. The van der Waals surface area contributed by atoms with Gasteiger partial charge in [0.25, 0.3) is 0 Å². The van der Waals surface area contributed by atoms with Crippen LogP contribution in [-0.2, 0) is 14.3 Å². The average molecular weight is 1050 g/mol. The van der Waals surface area contributed by atoms with Crippen molar-refractivity contribution in [3.63, 3.8) is 0 Å². The van der Waals surface area contributed by atoms with Crippen molar-refractivity contribution in [2.24, 2.45) is 0 Å². The van der Waals surface area contributed by atoms with Gasteiger partial charge >= 0.3 is 5.97 Å². The molecule has 442 valence electrons. The highest BCUT2D eigenvalue weighted by Gasteiger charge is 2.20. The zero-order chi connectivity index (χ0) is 53.6. The van der Waals surface area contributed by atoms with Gasteiger partial charge in [-0.3, -0.25) is 9.59 Å². The second-order valence-electron chi connectivity index (χ2n) is 23.9. The van der Waals surface area contributed by atoms with Gasteiger partial charge in [0.2, 0.25) is 5.91 Å². The van der Waals surface area contributed by atoms with E-state index in [1.807, 2.05) is 0 Å². The van der Waals surface area contributed by atoms with E-state index in [2.05, 4.69) is 19.2 Å². The molecule has 0 spiro atoms. The monoisotopic (exact) mass is 1050 g/mol. The number of rotatable bonds is 65. The Morgan fingerprint density at radius 3 is 0.824 bits per heavy atom. The molecule has 0 saturated carbocycles. The van der Waals surface area contributed by atoms with Crippen LogP contribution in [0.25, 0.3) is 0 Å². The van der Waals surface area contributed by atoms with Crippen molar-refractivity contribution < 1.29 is 24.5 Å². The number of aliphatic hydroxyl groups is 2. The number of carbonyl (C=O) groups excluding carboxylic acids is 2. The quantitative estimate of drug-likeness (QED) is 0.0417. The fraction of sp³-hybridized carbons (Fsp3) is 0.971. The highest BCUT2D eigenvalue weighted by molar-refractivity contribution is 5.76. The predicted octanol–water partition coefficient (Wildman–Crippen LogP) is 21.8. The number of hydrogen-bond acceptors (Lipinski definition) is 5. The minimum absolute atomic E-state index is 0.0138. The first-order valence-corrected chi connectivity index (χ1v) is 34.3. The predicted molar refractivity (Wildman–Crippen MR) is 324 cm³/mol.